The average Bonchev–Trinajstić information content (AvgIpc) is 3.62. The molecule has 41 heavy (non-hydrogen) atoms. The van der Waals surface area contributed by atoms with E-state index in [2.05, 4.69) is 26.3 Å². The molecule has 6 heterocycles. The number of anilines is 1. The normalized spacial score (nSPS) is 19.6. The maximum absolute atomic E-state index is 15.4. The number of rotatable bonds is 6. The Hall–Kier alpha value is -3.61. The second-order valence-corrected chi connectivity index (χ2v) is 10.9. The number of amides is 1. The summed E-state index contributed by atoms with van der Waals surface area (Å²) < 4.78 is 28.4. The molecule has 1 amide bonds. The summed E-state index contributed by atoms with van der Waals surface area (Å²) in [4.78, 5) is 37.1. The fourth-order valence-electron chi connectivity index (χ4n) is 6.43. The molecule has 0 bridgehead atoms. The number of hydrogen-bond donors (Lipinski definition) is 1. The quantitative estimate of drug-likeness (QED) is 0.383. The van der Waals surface area contributed by atoms with Crippen LogP contribution in [0.15, 0.2) is 24.4 Å². The third kappa shape index (κ3) is 4.83. The van der Waals surface area contributed by atoms with Gasteiger partial charge in [-0.1, -0.05) is 0 Å². The molecule has 3 aromatic heterocycles. The van der Waals surface area contributed by atoms with Gasteiger partial charge in [0, 0.05) is 62.4 Å². The largest absolute Gasteiger partial charge is 0.378 e. The monoisotopic (exact) mass is 562 g/mol. The van der Waals surface area contributed by atoms with E-state index in [0.717, 1.165) is 59.6 Å². The molecule has 0 saturated carbocycles. The summed E-state index contributed by atoms with van der Waals surface area (Å²) in [5.74, 6) is 1.75. The van der Waals surface area contributed by atoms with E-state index in [9.17, 15) is 4.79 Å². The first-order valence-corrected chi connectivity index (χ1v) is 14.6. The van der Waals surface area contributed by atoms with Gasteiger partial charge in [0.05, 0.1) is 31.9 Å². The second kappa shape index (κ2) is 11.0. The molecule has 0 radical (unpaired) electrons. The molecule has 0 unspecified atom stereocenters. The van der Waals surface area contributed by atoms with Crippen LogP contribution in [0.2, 0.25) is 0 Å². The number of imidazole rings is 1. The minimum Gasteiger partial charge on any atom is -0.378 e. The lowest BCUT2D eigenvalue weighted by molar-refractivity contribution is -0.146. The SMILES string of the molecule is CCn1c(CN2CCC(N3CCOCC3=O)CC2)nc2c(N3CCOCC3)nc(-c3c(F)ccc4[nH]ccc34)nc21. The lowest BCUT2D eigenvalue weighted by Crippen LogP contribution is -2.51. The van der Waals surface area contributed by atoms with Gasteiger partial charge < -0.3 is 28.8 Å². The van der Waals surface area contributed by atoms with E-state index < -0.39 is 0 Å². The number of H-pyrrole nitrogens is 1. The number of hydrogen-bond acceptors (Lipinski definition) is 8. The molecule has 1 aromatic carbocycles. The predicted molar refractivity (Wildman–Crippen MR) is 152 cm³/mol. The summed E-state index contributed by atoms with van der Waals surface area (Å²) >= 11 is 0. The summed E-state index contributed by atoms with van der Waals surface area (Å²) in [6.45, 7) is 9.27. The molecule has 7 rings (SSSR count). The Morgan fingerprint density at radius 3 is 2.59 bits per heavy atom. The van der Waals surface area contributed by atoms with Gasteiger partial charge in [-0.05, 0) is 38.0 Å². The van der Waals surface area contributed by atoms with E-state index in [4.69, 9.17) is 24.4 Å². The number of piperidine rings is 1. The second-order valence-electron chi connectivity index (χ2n) is 10.9. The van der Waals surface area contributed by atoms with Crippen LogP contribution < -0.4 is 4.90 Å². The number of likely N-dealkylation sites (tertiary alicyclic amines) is 1. The van der Waals surface area contributed by atoms with Gasteiger partial charge in [-0.25, -0.2) is 19.3 Å². The molecule has 3 aliphatic heterocycles. The van der Waals surface area contributed by atoms with Crippen LogP contribution in [-0.4, -0.2) is 105 Å². The van der Waals surface area contributed by atoms with Gasteiger partial charge in [0.2, 0.25) is 5.91 Å². The highest BCUT2D eigenvalue weighted by Crippen LogP contribution is 2.34. The summed E-state index contributed by atoms with van der Waals surface area (Å²) in [6, 6.07) is 5.33. The van der Waals surface area contributed by atoms with E-state index in [1.807, 2.05) is 17.2 Å². The summed E-state index contributed by atoms with van der Waals surface area (Å²) in [6.07, 6.45) is 3.67. The molecule has 0 aliphatic carbocycles. The van der Waals surface area contributed by atoms with Crippen molar-refractivity contribution in [2.24, 2.45) is 0 Å². The van der Waals surface area contributed by atoms with Crippen molar-refractivity contribution in [2.75, 3.05) is 64.1 Å². The van der Waals surface area contributed by atoms with E-state index in [1.54, 1.807) is 6.07 Å². The van der Waals surface area contributed by atoms with Crippen molar-refractivity contribution >= 4 is 33.8 Å². The Labute approximate surface area is 237 Å². The van der Waals surface area contributed by atoms with Crippen LogP contribution in [0, 0.1) is 5.82 Å². The number of benzene rings is 1. The number of aromatic amines is 1. The fourth-order valence-corrected chi connectivity index (χ4v) is 6.43. The molecule has 0 atom stereocenters. The van der Waals surface area contributed by atoms with E-state index in [1.165, 1.54) is 6.07 Å². The third-order valence-electron chi connectivity index (χ3n) is 8.57. The Bertz CT molecular complexity index is 1570. The third-order valence-corrected chi connectivity index (χ3v) is 8.57. The Kier molecular flexibility index (Phi) is 7.05. The van der Waals surface area contributed by atoms with Gasteiger partial charge in [0.25, 0.3) is 0 Å². The summed E-state index contributed by atoms with van der Waals surface area (Å²) in [5, 5.41) is 0.752. The maximum atomic E-state index is 15.4. The van der Waals surface area contributed by atoms with Gasteiger partial charge >= 0.3 is 0 Å². The highest BCUT2D eigenvalue weighted by Gasteiger charge is 2.31. The number of morpholine rings is 2. The van der Waals surface area contributed by atoms with E-state index in [0.29, 0.717) is 63.9 Å². The zero-order valence-corrected chi connectivity index (χ0v) is 23.3. The molecular formula is C29H35FN8O3. The first kappa shape index (κ1) is 26.3. The minimum absolute atomic E-state index is 0.0965. The van der Waals surface area contributed by atoms with Crippen LogP contribution in [0.1, 0.15) is 25.6 Å². The Balaban J connectivity index is 1.24. The number of nitrogens with one attached hydrogen (secondary N) is 1. The number of halogens is 1. The first-order chi connectivity index (χ1) is 20.1. The van der Waals surface area contributed by atoms with Crippen molar-refractivity contribution < 1.29 is 18.7 Å². The molecule has 3 saturated heterocycles. The van der Waals surface area contributed by atoms with Crippen molar-refractivity contribution in [1.82, 2.24) is 34.3 Å². The van der Waals surface area contributed by atoms with Gasteiger partial charge in [-0.3, -0.25) is 9.69 Å². The van der Waals surface area contributed by atoms with Gasteiger partial charge in [0.15, 0.2) is 22.8 Å². The van der Waals surface area contributed by atoms with Crippen molar-refractivity contribution in [2.45, 2.75) is 38.9 Å². The number of carbonyl (C=O) groups is 1. The van der Waals surface area contributed by atoms with Gasteiger partial charge in [-0.2, -0.15) is 0 Å². The predicted octanol–water partition coefficient (Wildman–Crippen LogP) is 2.79. The highest BCUT2D eigenvalue weighted by molar-refractivity contribution is 5.95. The van der Waals surface area contributed by atoms with Crippen LogP contribution in [0.3, 0.4) is 0 Å². The number of aromatic nitrogens is 5. The number of fused-ring (bicyclic) bond motifs is 2. The molecular weight excluding hydrogens is 527 g/mol. The standard InChI is InChI=1S/C29H35FN8O3/c1-2-37-23(17-35-9-6-19(7-10-35)38-13-16-41-18-24(38)39)32-26-28(36-11-14-40-15-12-36)33-27(34-29(26)37)25-20-5-8-31-22(20)4-3-21(25)30/h3-5,8,19,31H,2,6-7,9-18H2,1H3. The van der Waals surface area contributed by atoms with Crippen molar-refractivity contribution in [1.29, 1.82) is 0 Å². The van der Waals surface area contributed by atoms with E-state index in [-0.39, 0.29) is 24.4 Å². The number of nitrogens with zero attached hydrogens (tertiary/aromatic N) is 7. The molecule has 216 valence electrons. The van der Waals surface area contributed by atoms with Crippen LogP contribution in [0.5, 0.6) is 0 Å². The van der Waals surface area contributed by atoms with Gasteiger partial charge in [0.1, 0.15) is 18.2 Å². The van der Waals surface area contributed by atoms with Crippen LogP contribution >= 0.6 is 0 Å². The molecule has 11 nitrogen and oxygen atoms in total. The van der Waals surface area contributed by atoms with Crippen molar-refractivity contribution in [3.05, 3.63) is 36.0 Å². The minimum atomic E-state index is -0.353. The number of aryl methyl sites for hydroxylation is 1. The van der Waals surface area contributed by atoms with E-state index >= 15 is 4.39 Å². The lowest BCUT2D eigenvalue weighted by Gasteiger charge is -2.40. The Morgan fingerprint density at radius 1 is 1.00 bits per heavy atom. The van der Waals surface area contributed by atoms with Crippen LogP contribution in [0.4, 0.5) is 10.2 Å². The summed E-state index contributed by atoms with van der Waals surface area (Å²) in [5.41, 5.74) is 2.69. The lowest BCUT2D eigenvalue weighted by atomic mass is 10.0. The topological polar surface area (TPSA) is 105 Å². The molecule has 4 aromatic rings. The zero-order chi connectivity index (χ0) is 27.9. The van der Waals surface area contributed by atoms with Crippen molar-refractivity contribution in [3.63, 3.8) is 0 Å². The molecule has 3 aliphatic rings. The first-order valence-electron chi connectivity index (χ1n) is 14.6. The van der Waals surface area contributed by atoms with Crippen LogP contribution in [0.25, 0.3) is 33.5 Å². The zero-order valence-electron chi connectivity index (χ0n) is 23.3. The summed E-state index contributed by atoms with van der Waals surface area (Å²) in [7, 11) is 0. The molecule has 12 heteroatoms. The molecule has 3 fully saturated rings. The van der Waals surface area contributed by atoms with Crippen LogP contribution in [-0.2, 0) is 27.4 Å². The average molecular weight is 563 g/mol. The maximum Gasteiger partial charge on any atom is 0.248 e. The number of ether oxygens (including phenoxy) is 2. The van der Waals surface area contributed by atoms with Crippen molar-refractivity contribution in [3.8, 4) is 11.4 Å². The number of carbonyl (C=O) groups excluding carboxylic acids is 1. The smallest absolute Gasteiger partial charge is 0.248 e. The Morgan fingerprint density at radius 2 is 1.80 bits per heavy atom. The molecule has 1 N–H and O–H groups in total. The van der Waals surface area contributed by atoms with Gasteiger partial charge in [-0.15, -0.1) is 0 Å². The fraction of sp³-hybridized carbons (Fsp3) is 0.517. The highest BCUT2D eigenvalue weighted by atomic mass is 19.1. The molecule has 0 spiro atoms.